The molecule has 0 saturated carbocycles. The minimum absolute atomic E-state index is 0. The van der Waals surface area contributed by atoms with Crippen LogP contribution in [0.2, 0.25) is 0 Å². The zero-order valence-corrected chi connectivity index (χ0v) is 10.2. The van der Waals surface area contributed by atoms with Crippen LogP contribution in [0.3, 0.4) is 0 Å². The molecule has 0 bridgehead atoms. The highest BCUT2D eigenvalue weighted by Gasteiger charge is 2.20. The van der Waals surface area contributed by atoms with Crippen molar-refractivity contribution in [2.24, 2.45) is 5.73 Å². The molecule has 1 unspecified atom stereocenters. The second kappa shape index (κ2) is 7.22. The van der Waals surface area contributed by atoms with Crippen molar-refractivity contribution < 1.29 is 9.53 Å². The monoisotopic (exact) mass is 244 g/mol. The number of carbonyl (C=O) groups is 1. The zero-order valence-electron chi connectivity index (χ0n) is 9.42. The van der Waals surface area contributed by atoms with E-state index in [1.165, 1.54) is 7.11 Å². The molecule has 0 fully saturated rings. The zero-order chi connectivity index (χ0) is 11.3. The van der Waals surface area contributed by atoms with Crippen LogP contribution < -0.4 is 10.6 Å². The van der Waals surface area contributed by atoms with Crippen molar-refractivity contribution in [3.63, 3.8) is 0 Å². The molecule has 0 heterocycles. The molecule has 2 N–H and O–H groups in total. The Morgan fingerprint density at radius 3 is 2.44 bits per heavy atom. The highest BCUT2D eigenvalue weighted by Crippen LogP contribution is 2.12. The van der Waals surface area contributed by atoms with Gasteiger partial charge in [0.15, 0.2) is 0 Å². The topological polar surface area (TPSA) is 55.6 Å². The summed E-state index contributed by atoms with van der Waals surface area (Å²) in [5, 5.41) is 0. The van der Waals surface area contributed by atoms with Crippen LogP contribution in [-0.4, -0.2) is 32.7 Å². The van der Waals surface area contributed by atoms with Gasteiger partial charge in [-0.3, -0.25) is 4.79 Å². The summed E-state index contributed by atoms with van der Waals surface area (Å²) >= 11 is 0. The fourth-order valence-electron chi connectivity index (χ4n) is 1.29. The van der Waals surface area contributed by atoms with Crippen LogP contribution in [0.4, 0.5) is 5.69 Å². The van der Waals surface area contributed by atoms with Crippen molar-refractivity contribution >= 4 is 24.0 Å². The van der Waals surface area contributed by atoms with Crippen LogP contribution in [0.5, 0.6) is 0 Å². The van der Waals surface area contributed by atoms with Crippen molar-refractivity contribution in [2.75, 3.05) is 25.6 Å². The molecular formula is C11H17ClN2O2. The standard InChI is InChI=1S/C11H16N2O2.ClH/c1-13(9-6-4-3-5-7-9)11(14)10(8-12)15-2;/h3-7,10H,8,12H2,1-2H3;1H. The van der Waals surface area contributed by atoms with E-state index in [0.29, 0.717) is 0 Å². The molecule has 0 aliphatic heterocycles. The minimum atomic E-state index is -0.574. The Morgan fingerprint density at radius 1 is 1.44 bits per heavy atom. The first-order valence-electron chi connectivity index (χ1n) is 4.76. The SMILES string of the molecule is COC(CN)C(=O)N(C)c1ccccc1.Cl. The second-order valence-corrected chi connectivity index (χ2v) is 3.19. The number of rotatable bonds is 4. The first-order valence-corrected chi connectivity index (χ1v) is 4.76. The number of nitrogens with zero attached hydrogens (tertiary/aromatic N) is 1. The Morgan fingerprint density at radius 2 is 2.00 bits per heavy atom. The van der Waals surface area contributed by atoms with Gasteiger partial charge in [0.25, 0.3) is 5.91 Å². The molecular weight excluding hydrogens is 228 g/mol. The van der Waals surface area contributed by atoms with Crippen LogP contribution in [0.1, 0.15) is 0 Å². The largest absolute Gasteiger partial charge is 0.370 e. The summed E-state index contributed by atoms with van der Waals surface area (Å²) in [7, 11) is 3.19. The maximum absolute atomic E-state index is 11.8. The first kappa shape index (κ1) is 14.9. The van der Waals surface area contributed by atoms with Gasteiger partial charge in [0, 0.05) is 26.4 Å². The van der Waals surface area contributed by atoms with Gasteiger partial charge in [-0.25, -0.2) is 0 Å². The van der Waals surface area contributed by atoms with E-state index in [9.17, 15) is 4.79 Å². The van der Waals surface area contributed by atoms with Gasteiger partial charge in [0.1, 0.15) is 6.10 Å². The van der Waals surface area contributed by atoms with Gasteiger partial charge >= 0.3 is 0 Å². The molecule has 4 nitrogen and oxygen atoms in total. The van der Waals surface area contributed by atoms with Gasteiger partial charge in [0.2, 0.25) is 0 Å². The van der Waals surface area contributed by atoms with E-state index in [-0.39, 0.29) is 24.9 Å². The predicted octanol–water partition coefficient (Wildman–Crippen LogP) is 1.04. The molecule has 0 radical (unpaired) electrons. The molecule has 1 atom stereocenters. The maximum atomic E-state index is 11.8. The van der Waals surface area contributed by atoms with Crippen molar-refractivity contribution in [3.05, 3.63) is 30.3 Å². The lowest BCUT2D eigenvalue weighted by atomic mass is 10.2. The molecule has 1 aromatic carbocycles. The molecule has 1 amide bonds. The molecule has 0 aliphatic carbocycles. The quantitative estimate of drug-likeness (QED) is 0.861. The number of carbonyl (C=O) groups excluding carboxylic acids is 1. The third kappa shape index (κ3) is 3.48. The maximum Gasteiger partial charge on any atom is 0.257 e. The molecule has 5 heteroatoms. The third-order valence-corrected chi connectivity index (χ3v) is 2.25. The fraction of sp³-hybridized carbons (Fsp3) is 0.364. The van der Waals surface area contributed by atoms with Crippen molar-refractivity contribution in [3.8, 4) is 0 Å². The third-order valence-electron chi connectivity index (χ3n) is 2.25. The Bertz CT molecular complexity index is 315. The Kier molecular flexibility index (Phi) is 6.72. The molecule has 1 rings (SSSR count). The van der Waals surface area contributed by atoms with Crippen LogP contribution in [0, 0.1) is 0 Å². The number of ether oxygens (including phenoxy) is 1. The van der Waals surface area contributed by atoms with E-state index >= 15 is 0 Å². The van der Waals surface area contributed by atoms with E-state index in [4.69, 9.17) is 10.5 Å². The number of halogens is 1. The van der Waals surface area contributed by atoms with Crippen molar-refractivity contribution in [1.82, 2.24) is 0 Å². The van der Waals surface area contributed by atoms with E-state index in [0.717, 1.165) is 5.69 Å². The lowest BCUT2D eigenvalue weighted by molar-refractivity contribution is -0.127. The number of hydrogen-bond acceptors (Lipinski definition) is 3. The molecule has 1 aromatic rings. The van der Waals surface area contributed by atoms with E-state index in [1.807, 2.05) is 30.3 Å². The Hall–Kier alpha value is -1.10. The van der Waals surface area contributed by atoms with E-state index < -0.39 is 6.10 Å². The van der Waals surface area contributed by atoms with Crippen molar-refractivity contribution in [2.45, 2.75) is 6.10 Å². The lowest BCUT2D eigenvalue weighted by Crippen LogP contribution is -2.41. The number of methoxy groups -OCH3 is 1. The lowest BCUT2D eigenvalue weighted by Gasteiger charge is -2.21. The first-order chi connectivity index (χ1) is 7.20. The average molecular weight is 245 g/mol. The summed E-state index contributed by atoms with van der Waals surface area (Å²) in [6, 6.07) is 9.38. The Balaban J connectivity index is 0.00000225. The smallest absolute Gasteiger partial charge is 0.257 e. The number of para-hydroxylation sites is 1. The van der Waals surface area contributed by atoms with Gasteiger partial charge in [0.05, 0.1) is 0 Å². The van der Waals surface area contributed by atoms with Crippen LogP contribution >= 0.6 is 12.4 Å². The molecule has 0 aromatic heterocycles. The normalized spacial score (nSPS) is 11.4. The van der Waals surface area contributed by atoms with Gasteiger partial charge in [-0.15, -0.1) is 12.4 Å². The summed E-state index contributed by atoms with van der Waals surface area (Å²) in [6.07, 6.45) is -0.574. The molecule has 0 aliphatic rings. The number of amides is 1. The number of anilines is 1. The molecule has 0 saturated heterocycles. The second-order valence-electron chi connectivity index (χ2n) is 3.19. The fourth-order valence-corrected chi connectivity index (χ4v) is 1.29. The van der Waals surface area contributed by atoms with E-state index in [1.54, 1.807) is 11.9 Å². The molecule has 90 valence electrons. The summed E-state index contributed by atoms with van der Waals surface area (Å²) in [6.45, 7) is 0.187. The van der Waals surface area contributed by atoms with Gasteiger partial charge in [-0.1, -0.05) is 18.2 Å². The molecule has 16 heavy (non-hydrogen) atoms. The number of benzene rings is 1. The summed E-state index contributed by atoms with van der Waals surface area (Å²) in [4.78, 5) is 13.4. The summed E-state index contributed by atoms with van der Waals surface area (Å²) in [5.74, 6) is -0.133. The van der Waals surface area contributed by atoms with Crippen LogP contribution in [0.25, 0.3) is 0 Å². The summed E-state index contributed by atoms with van der Waals surface area (Å²) in [5.41, 5.74) is 6.26. The van der Waals surface area contributed by atoms with Crippen LogP contribution in [-0.2, 0) is 9.53 Å². The highest BCUT2D eigenvalue weighted by atomic mass is 35.5. The highest BCUT2D eigenvalue weighted by molar-refractivity contribution is 5.96. The number of nitrogens with two attached hydrogens (primary N) is 1. The van der Waals surface area contributed by atoms with Gasteiger partial charge in [-0.05, 0) is 12.1 Å². The molecule has 0 spiro atoms. The average Bonchev–Trinajstić information content (AvgIpc) is 2.30. The summed E-state index contributed by atoms with van der Waals surface area (Å²) < 4.78 is 4.99. The van der Waals surface area contributed by atoms with E-state index in [2.05, 4.69) is 0 Å². The number of likely N-dealkylation sites (N-methyl/N-ethyl adjacent to an activating group) is 1. The van der Waals surface area contributed by atoms with Gasteiger partial charge in [-0.2, -0.15) is 0 Å². The van der Waals surface area contributed by atoms with Gasteiger partial charge < -0.3 is 15.4 Å². The number of hydrogen-bond donors (Lipinski definition) is 1. The van der Waals surface area contributed by atoms with Crippen LogP contribution in [0.15, 0.2) is 30.3 Å². The minimum Gasteiger partial charge on any atom is -0.370 e. The predicted molar refractivity (Wildman–Crippen MR) is 67.0 cm³/mol. The Labute approximate surface area is 102 Å². The van der Waals surface area contributed by atoms with Crippen molar-refractivity contribution in [1.29, 1.82) is 0 Å².